The maximum Gasteiger partial charge on any atom is 0.240 e. The van der Waals surface area contributed by atoms with Gasteiger partial charge in [-0.3, -0.25) is 4.79 Å². The zero-order valence-electron chi connectivity index (χ0n) is 9.87. The first kappa shape index (κ1) is 12.3. The van der Waals surface area contributed by atoms with E-state index in [-0.39, 0.29) is 28.8 Å². The van der Waals surface area contributed by atoms with Gasteiger partial charge in [-0.05, 0) is 37.2 Å². The van der Waals surface area contributed by atoms with E-state index in [1.54, 1.807) is 0 Å². The van der Waals surface area contributed by atoms with Crippen LogP contribution in [0.5, 0.6) is 0 Å². The normalized spacial score (nSPS) is 14.8. The van der Waals surface area contributed by atoms with Gasteiger partial charge in [-0.25, -0.2) is 8.78 Å². The van der Waals surface area contributed by atoms with Crippen molar-refractivity contribution < 1.29 is 13.6 Å². The Morgan fingerprint density at radius 1 is 1.47 bits per heavy atom. The molecule has 0 atom stereocenters. The Morgan fingerprint density at radius 3 is 2.89 bits per heavy atom. The molecule has 1 saturated carbocycles. The predicted molar refractivity (Wildman–Crippen MR) is 68.2 cm³/mol. The molecule has 1 aromatic carbocycles. The van der Waals surface area contributed by atoms with Crippen molar-refractivity contribution in [2.24, 2.45) is 0 Å². The topological polar surface area (TPSA) is 49.8 Å². The van der Waals surface area contributed by atoms with E-state index in [2.05, 4.69) is 10.3 Å². The van der Waals surface area contributed by atoms with Gasteiger partial charge in [0, 0.05) is 6.04 Å². The molecule has 1 aliphatic rings. The summed E-state index contributed by atoms with van der Waals surface area (Å²) in [5.74, 6) is -2.20. The zero-order valence-corrected chi connectivity index (χ0v) is 10.7. The number of hydrogen-bond donors (Lipinski definition) is 2. The lowest BCUT2D eigenvalue weighted by Crippen LogP contribution is -2.29. The Bertz CT molecular complexity index is 718. The molecule has 3 rings (SSSR count). The van der Waals surface area contributed by atoms with Gasteiger partial charge in [-0.1, -0.05) is 0 Å². The van der Waals surface area contributed by atoms with E-state index in [1.807, 2.05) is 0 Å². The third-order valence-corrected chi connectivity index (χ3v) is 3.39. The maximum absolute atomic E-state index is 13.8. The number of rotatable bonds is 3. The second-order valence-electron chi connectivity index (χ2n) is 4.62. The molecule has 1 fully saturated rings. The molecule has 2 aromatic rings. The molecule has 0 radical (unpaired) electrons. The average Bonchev–Trinajstić information content (AvgIpc) is 3.10. The second kappa shape index (κ2) is 4.41. The van der Waals surface area contributed by atoms with Crippen LogP contribution in [0, 0.1) is 16.4 Å². The van der Waals surface area contributed by atoms with Crippen molar-refractivity contribution in [2.45, 2.75) is 25.4 Å². The van der Waals surface area contributed by atoms with Gasteiger partial charge in [-0.2, -0.15) is 0 Å². The minimum Gasteiger partial charge on any atom is -0.352 e. The fraction of sp³-hybridized carbons (Fsp3) is 0.333. The number of benzene rings is 1. The number of hydrogen-bond acceptors (Lipinski definition) is 2. The molecule has 1 heterocycles. The van der Waals surface area contributed by atoms with Crippen LogP contribution < -0.4 is 5.32 Å². The second-order valence-corrected chi connectivity index (χ2v) is 5.00. The number of H-pyrrole nitrogens is 1. The van der Waals surface area contributed by atoms with Crippen molar-refractivity contribution >= 4 is 29.2 Å². The number of nitrogens with zero attached hydrogens (tertiary/aromatic N) is 1. The lowest BCUT2D eigenvalue weighted by Gasteiger charge is -2.06. The van der Waals surface area contributed by atoms with Crippen molar-refractivity contribution in [3.05, 3.63) is 28.5 Å². The van der Waals surface area contributed by atoms with Crippen molar-refractivity contribution in [3.63, 3.8) is 0 Å². The van der Waals surface area contributed by atoms with E-state index < -0.39 is 11.6 Å². The number of carbonyl (C=O) groups excluding carboxylic acids is 1. The van der Waals surface area contributed by atoms with Gasteiger partial charge in [0.1, 0.15) is 12.1 Å². The van der Waals surface area contributed by atoms with Crippen LogP contribution in [0.25, 0.3) is 11.0 Å². The number of aromatic amines is 1. The summed E-state index contributed by atoms with van der Waals surface area (Å²) in [6.07, 6.45) is 1.93. The summed E-state index contributed by atoms with van der Waals surface area (Å²) in [5, 5.41) is 2.78. The first-order valence-electron chi connectivity index (χ1n) is 5.92. The molecule has 1 aliphatic carbocycles. The molecule has 100 valence electrons. The van der Waals surface area contributed by atoms with Crippen LogP contribution >= 0.6 is 12.2 Å². The number of aromatic nitrogens is 2. The summed E-state index contributed by atoms with van der Waals surface area (Å²) in [5.41, 5.74) is 0.374. The molecule has 1 aromatic heterocycles. The highest BCUT2D eigenvalue weighted by Crippen LogP contribution is 2.21. The van der Waals surface area contributed by atoms with Gasteiger partial charge < -0.3 is 14.9 Å². The minimum absolute atomic E-state index is 0.00375. The number of halogens is 2. The van der Waals surface area contributed by atoms with Gasteiger partial charge in [0.2, 0.25) is 5.91 Å². The Morgan fingerprint density at radius 2 is 2.21 bits per heavy atom. The van der Waals surface area contributed by atoms with E-state index in [1.165, 1.54) is 10.6 Å². The molecule has 19 heavy (non-hydrogen) atoms. The van der Waals surface area contributed by atoms with Crippen LogP contribution in [0.15, 0.2) is 12.1 Å². The Labute approximate surface area is 112 Å². The summed E-state index contributed by atoms with van der Waals surface area (Å²) in [7, 11) is 0. The summed E-state index contributed by atoms with van der Waals surface area (Å²) in [6, 6.07) is 2.64. The van der Waals surface area contributed by atoms with Crippen molar-refractivity contribution in [2.75, 3.05) is 0 Å². The van der Waals surface area contributed by atoms with Crippen molar-refractivity contribution in [3.8, 4) is 0 Å². The van der Waals surface area contributed by atoms with E-state index in [0.717, 1.165) is 18.9 Å². The van der Waals surface area contributed by atoms with Crippen LogP contribution in [-0.4, -0.2) is 21.5 Å². The van der Waals surface area contributed by atoms with Crippen molar-refractivity contribution in [1.82, 2.24) is 14.9 Å². The largest absolute Gasteiger partial charge is 0.352 e. The molecule has 0 unspecified atom stereocenters. The molecule has 7 heteroatoms. The van der Waals surface area contributed by atoms with E-state index in [0.29, 0.717) is 5.52 Å². The molecule has 0 aliphatic heterocycles. The Kier molecular flexibility index (Phi) is 2.85. The fourth-order valence-electron chi connectivity index (χ4n) is 1.98. The van der Waals surface area contributed by atoms with E-state index in [9.17, 15) is 13.6 Å². The van der Waals surface area contributed by atoms with Crippen LogP contribution in [0.4, 0.5) is 8.78 Å². The van der Waals surface area contributed by atoms with Crippen LogP contribution in [0.2, 0.25) is 0 Å². The SMILES string of the molecule is O=C(Cn1c(=S)[nH]c2ccc(F)c(F)c21)NC1CC1. The summed E-state index contributed by atoms with van der Waals surface area (Å²) < 4.78 is 28.5. The van der Waals surface area contributed by atoms with Gasteiger partial charge in [-0.15, -0.1) is 0 Å². The molecular formula is C12H11F2N3OS. The van der Waals surface area contributed by atoms with Gasteiger partial charge in [0.15, 0.2) is 16.4 Å². The highest BCUT2D eigenvalue weighted by Gasteiger charge is 2.24. The molecule has 2 N–H and O–H groups in total. The molecular weight excluding hydrogens is 272 g/mol. The summed E-state index contributed by atoms with van der Waals surface area (Å²) in [6.45, 7) is -0.115. The number of carbonyl (C=O) groups is 1. The number of imidazole rings is 1. The zero-order chi connectivity index (χ0) is 13.6. The van der Waals surface area contributed by atoms with Crippen LogP contribution in [0.1, 0.15) is 12.8 Å². The van der Waals surface area contributed by atoms with E-state index >= 15 is 0 Å². The molecule has 0 bridgehead atoms. The number of nitrogens with one attached hydrogen (secondary N) is 2. The minimum atomic E-state index is -0.996. The van der Waals surface area contributed by atoms with Gasteiger partial charge in [0.05, 0.1) is 5.52 Å². The first-order valence-corrected chi connectivity index (χ1v) is 6.33. The van der Waals surface area contributed by atoms with Crippen LogP contribution in [-0.2, 0) is 11.3 Å². The standard InChI is InChI=1S/C12H11F2N3OS/c13-7-3-4-8-11(10(7)14)17(12(19)16-8)5-9(18)15-6-1-2-6/h3-4,6H,1-2,5H2,(H,15,18)(H,16,19). The third kappa shape index (κ3) is 2.25. The average molecular weight is 283 g/mol. The number of amides is 1. The van der Waals surface area contributed by atoms with E-state index in [4.69, 9.17) is 12.2 Å². The van der Waals surface area contributed by atoms with Crippen LogP contribution in [0.3, 0.4) is 0 Å². The lowest BCUT2D eigenvalue weighted by atomic mass is 10.3. The molecule has 1 amide bonds. The monoisotopic (exact) mass is 283 g/mol. The first-order chi connectivity index (χ1) is 9.06. The smallest absolute Gasteiger partial charge is 0.240 e. The summed E-state index contributed by atoms with van der Waals surface area (Å²) in [4.78, 5) is 14.5. The molecule has 4 nitrogen and oxygen atoms in total. The lowest BCUT2D eigenvalue weighted by molar-refractivity contribution is -0.121. The fourth-order valence-corrected chi connectivity index (χ4v) is 2.25. The Hall–Kier alpha value is -1.76. The maximum atomic E-state index is 13.8. The number of fused-ring (bicyclic) bond motifs is 1. The predicted octanol–water partition coefficient (Wildman–Crippen LogP) is 2.26. The quantitative estimate of drug-likeness (QED) is 0.849. The highest BCUT2D eigenvalue weighted by molar-refractivity contribution is 7.71. The third-order valence-electron chi connectivity index (χ3n) is 3.07. The molecule has 0 spiro atoms. The molecule has 0 saturated heterocycles. The highest BCUT2D eigenvalue weighted by atomic mass is 32.1. The summed E-state index contributed by atoms with van der Waals surface area (Å²) >= 11 is 5.04. The van der Waals surface area contributed by atoms with Gasteiger partial charge in [0.25, 0.3) is 0 Å². The Balaban J connectivity index is 2.01. The van der Waals surface area contributed by atoms with Crippen molar-refractivity contribution in [1.29, 1.82) is 0 Å². The van der Waals surface area contributed by atoms with Gasteiger partial charge >= 0.3 is 0 Å².